The highest BCUT2D eigenvalue weighted by Crippen LogP contribution is 2.15. The van der Waals surface area contributed by atoms with Gasteiger partial charge in [-0.3, -0.25) is 9.59 Å². The van der Waals surface area contributed by atoms with Crippen molar-refractivity contribution >= 4 is 11.9 Å². The molecule has 0 spiro atoms. The Balaban J connectivity index is 3.53. The van der Waals surface area contributed by atoms with Crippen molar-refractivity contribution in [3.63, 3.8) is 0 Å². The van der Waals surface area contributed by atoms with Gasteiger partial charge in [-0.2, -0.15) is 0 Å². The fraction of sp³-hybridized carbons (Fsp3) is 0.733. The lowest BCUT2D eigenvalue weighted by Gasteiger charge is -2.12. The maximum absolute atomic E-state index is 12.0. The lowest BCUT2D eigenvalue weighted by molar-refractivity contribution is -0.152. The van der Waals surface area contributed by atoms with Crippen molar-refractivity contribution in [2.45, 2.75) is 193 Å². The van der Waals surface area contributed by atoms with Crippen LogP contribution in [0, 0.1) is 5.92 Å². The molecule has 0 saturated carbocycles. The largest absolute Gasteiger partial charge is 0.463 e. The van der Waals surface area contributed by atoms with Crippen LogP contribution in [0.5, 0.6) is 0 Å². The topological polar surface area (TPSA) is 93.1 Å². The monoisotopic (exact) mass is 715 g/mol. The van der Waals surface area contributed by atoms with E-state index < -0.39 is 6.10 Å². The Bertz CT molecular complexity index is 931. The van der Waals surface area contributed by atoms with E-state index in [1.807, 2.05) is 19.1 Å². The summed E-state index contributed by atoms with van der Waals surface area (Å²) in [4.78, 5) is 24.0. The first-order valence-electron chi connectivity index (χ1n) is 20.8. The van der Waals surface area contributed by atoms with Gasteiger partial charge in [0.1, 0.15) is 19.3 Å². The summed E-state index contributed by atoms with van der Waals surface area (Å²) in [6.45, 7) is 6.28. The van der Waals surface area contributed by atoms with Crippen molar-refractivity contribution in [1.82, 2.24) is 0 Å². The van der Waals surface area contributed by atoms with E-state index in [2.05, 4.69) is 56.4 Å². The molecule has 2 N–H and O–H groups in total. The Labute approximate surface area is 313 Å². The summed E-state index contributed by atoms with van der Waals surface area (Å²) >= 11 is 0. The molecule has 6 heteroatoms. The predicted molar refractivity (Wildman–Crippen MR) is 216 cm³/mol. The zero-order valence-corrected chi connectivity index (χ0v) is 33.1. The summed E-state index contributed by atoms with van der Waals surface area (Å²) in [5.41, 5.74) is 0. The van der Waals surface area contributed by atoms with Crippen molar-refractivity contribution in [3.8, 4) is 0 Å². The number of hydrogen-bond donors (Lipinski definition) is 2. The third-order valence-electron chi connectivity index (χ3n) is 8.85. The van der Waals surface area contributed by atoms with Crippen LogP contribution >= 0.6 is 0 Å². The minimum atomic E-state index is -0.997. The van der Waals surface area contributed by atoms with E-state index in [1.54, 1.807) is 6.08 Å². The number of aliphatic hydroxyl groups excluding tert-OH is 2. The number of unbranched alkanes of at least 4 members (excludes halogenated alkanes) is 16. The Kier molecular flexibility index (Phi) is 36.9. The fourth-order valence-corrected chi connectivity index (χ4v) is 5.55. The maximum Gasteiger partial charge on any atom is 0.305 e. The van der Waals surface area contributed by atoms with Crippen LogP contribution in [-0.2, 0) is 19.1 Å². The van der Waals surface area contributed by atoms with Crippen molar-refractivity contribution in [3.05, 3.63) is 60.8 Å². The second kappa shape index (κ2) is 38.8. The van der Waals surface area contributed by atoms with Crippen molar-refractivity contribution in [1.29, 1.82) is 0 Å². The Morgan fingerprint density at radius 3 is 1.41 bits per heavy atom. The van der Waals surface area contributed by atoms with E-state index in [9.17, 15) is 19.8 Å². The quantitative estimate of drug-likeness (QED) is 0.0290. The number of ether oxygens (including phenoxy) is 2. The Hall–Kier alpha value is -2.44. The van der Waals surface area contributed by atoms with Crippen LogP contribution < -0.4 is 0 Å². The van der Waals surface area contributed by atoms with Crippen molar-refractivity contribution in [2.24, 2.45) is 5.92 Å². The smallest absolute Gasteiger partial charge is 0.305 e. The van der Waals surface area contributed by atoms with Crippen molar-refractivity contribution in [2.75, 3.05) is 13.2 Å². The second-order valence-electron chi connectivity index (χ2n) is 14.4. The maximum atomic E-state index is 12.0. The summed E-state index contributed by atoms with van der Waals surface area (Å²) in [5.74, 6) is 0.204. The van der Waals surface area contributed by atoms with Gasteiger partial charge in [-0.15, -0.1) is 0 Å². The van der Waals surface area contributed by atoms with Gasteiger partial charge in [-0.1, -0.05) is 184 Å². The molecule has 294 valence electrons. The van der Waals surface area contributed by atoms with Crippen LogP contribution in [0.15, 0.2) is 60.8 Å². The third kappa shape index (κ3) is 40.2. The average Bonchev–Trinajstić information content (AvgIpc) is 3.12. The Morgan fingerprint density at radius 2 is 0.941 bits per heavy atom. The van der Waals surface area contributed by atoms with Gasteiger partial charge in [0.2, 0.25) is 0 Å². The van der Waals surface area contributed by atoms with E-state index in [-0.39, 0.29) is 31.3 Å². The zero-order valence-electron chi connectivity index (χ0n) is 33.1. The summed E-state index contributed by atoms with van der Waals surface area (Å²) in [6.07, 6.45) is 46.6. The molecule has 0 heterocycles. The molecule has 0 aromatic carbocycles. The second-order valence-corrected chi connectivity index (χ2v) is 14.4. The summed E-state index contributed by atoms with van der Waals surface area (Å²) in [5, 5.41) is 19.5. The predicted octanol–water partition coefficient (Wildman–Crippen LogP) is 12.0. The van der Waals surface area contributed by atoms with Crippen LogP contribution in [0.2, 0.25) is 0 Å². The molecule has 0 aromatic rings. The molecular weight excluding hydrogens is 636 g/mol. The van der Waals surface area contributed by atoms with Crippen molar-refractivity contribution < 1.29 is 29.3 Å². The number of carbonyl (C=O) groups excluding carboxylic acids is 2. The highest BCUT2D eigenvalue weighted by molar-refractivity contribution is 5.69. The number of aliphatic hydroxyl groups is 2. The molecule has 0 radical (unpaired) electrons. The molecule has 51 heavy (non-hydrogen) atoms. The van der Waals surface area contributed by atoms with Crippen LogP contribution in [0.25, 0.3) is 0 Å². The van der Waals surface area contributed by atoms with Gasteiger partial charge >= 0.3 is 11.9 Å². The van der Waals surface area contributed by atoms with Gasteiger partial charge in [0.15, 0.2) is 0 Å². The minimum Gasteiger partial charge on any atom is -0.463 e. The molecule has 2 atom stereocenters. The van der Waals surface area contributed by atoms with Crippen LogP contribution in [0.4, 0.5) is 0 Å². The molecular formula is C45H78O6. The number of allylic oxidation sites excluding steroid dienone is 9. The van der Waals surface area contributed by atoms with E-state index >= 15 is 0 Å². The van der Waals surface area contributed by atoms with Crippen LogP contribution in [-0.4, -0.2) is 47.6 Å². The molecule has 0 fully saturated rings. The molecule has 0 saturated heterocycles. The first kappa shape index (κ1) is 48.6. The molecule has 0 bridgehead atoms. The fourth-order valence-electron chi connectivity index (χ4n) is 5.55. The molecule has 0 aliphatic carbocycles. The van der Waals surface area contributed by atoms with Gasteiger partial charge < -0.3 is 19.7 Å². The van der Waals surface area contributed by atoms with Gasteiger partial charge in [0, 0.05) is 12.8 Å². The van der Waals surface area contributed by atoms with Crippen LogP contribution in [0.3, 0.4) is 0 Å². The SMILES string of the molecule is CC[C@H](O)/C=C/C=C\C/C=C\C/C=C\C/C=C\CCCC(=O)OC[C@@H](O)COC(=O)CCCCCCCCCCCCCCCCCCC(C)C. The molecule has 0 aromatic heterocycles. The van der Waals surface area contributed by atoms with E-state index in [0.29, 0.717) is 19.3 Å². The first-order chi connectivity index (χ1) is 24.8. The summed E-state index contributed by atoms with van der Waals surface area (Å²) < 4.78 is 10.3. The van der Waals surface area contributed by atoms with Gasteiger partial charge in [-0.25, -0.2) is 0 Å². The summed E-state index contributed by atoms with van der Waals surface area (Å²) in [7, 11) is 0. The molecule has 6 nitrogen and oxygen atoms in total. The third-order valence-corrected chi connectivity index (χ3v) is 8.85. The lowest BCUT2D eigenvalue weighted by Crippen LogP contribution is -2.25. The normalized spacial score (nSPS) is 13.5. The molecule has 0 unspecified atom stereocenters. The first-order valence-corrected chi connectivity index (χ1v) is 20.8. The molecule has 0 rings (SSSR count). The van der Waals surface area contributed by atoms with Gasteiger partial charge in [-0.05, 0) is 50.9 Å². The van der Waals surface area contributed by atoms with Crippen LogP contribution in [0.1, 0.15) is 181 Å². The minimum absolute atomic E-state index is 0.143. The highest BCUT2D eigenvalue weighted by atomic mass is 16.6. The standard InChI is InChI=1S/C45H78O6/c1-4-42(46)36-32-28-24-20-16-12-9-10-14-18-22-26-30-34-38-45(49)51-40-43(47)39-50-44(48)37-33-29-25-21-17-13-8-6-5-7-11-15-19-23-27-31-35-41(2)3/h10,12,14,16,22,24,26,28,32,36,41-43,46-47H,4-9,11,13,15,17-21,23,25,27,29-31,33-35,37-40H2,1-3H3/b14-10-,16-12-,26-22-,28-24-,36-32+/t42-,43-/m0/s1. The number of carbonyl (C=O) groups is 2. The number of hydrogen-bond acceptors (Lipinski definition) is 6. The number of esters is 2. The molecule has 0 aliphatic heterocycles. The van der Waals surface area contributed by atoms with E-state index in [4.69, 9.17) is 9.47 Å². The number of rotatable bonds is 36. The van der Waals surface area contributed by atoms with Gasteiger partial charge in [0.05, 0.1) is 6.10 Å². The van der Waals surface area contributed by atoms with E-state index in [0.717, 1.165) is 57.3 Å². The zero-order chi connectivity index (χ0) is 37.5. The molecule has 0 aliphatic rings. The average molecular weight is 715 g/mol. The molecule has 0 amide bonds. The van der Waals surface area contributed by atoms with Gasteiger partial charge in [0.25, 0.3) is 0 Å². The lowest BCUT2D eigenvalue weighted by atomic mass is 10.0. The Morgan fingerprint density at radius 1 is 0.529 bits per heavy atom. The highest BCUT2D eigenvalue weighted by Gasteiger charge is 2.12. The van der Waals surface area contributed by atoms with E-state index in [1.165, 1.54) is 89.9 Å². The summed E-state index contributed by atoms with van der Waals surface area (Å²) in [6, 6.07) is 0.